The first-order valence-corrected chi connectivity index (χ1v) is 5.34. The molecule has 2 rings (SSSR count). The normalized spacial score (nSPS) is 10.8. The lowest BCUT2D eigenvalue weighted by Gasteiger charge is -2.06. The molecule has 0 aliphatic heterocycles. The van der Waals surface area contributed by atoms with E-state index in [0.29, 0.717) is 12.4 Å². The average Bonchev–Trinajstić information content (AvgIpc) is 2.71. The molecule has 0 atom stereocenters. The lowest BCUT2D eigenvalue weighted by Crippen LogP contribution is -1.96. The summed E-state index contributed by atoms with van der Waals surface area (Å²) < 4.78 is 5.26. The van der Waals surface area contributed by atoms with Crippen LogP contribution in [0.5, 0.6) is 0 Å². The van der Waals surface area contributed by atoms with E-state index in [1.54, 1.807) is 6.26 Å². The Kier molecular flexibility index (Phi) is 2.79. The van der Waals surface area contributed by atoms with Crippen molar-refractivity contribution in [2.45, 2.75) is 27.3 Å². The highest BCUT2D eigenvalue weighted by molar-refractivity contribution is 5.64. The predicted molar refractivity (Wildman–Crippen MR) is 64.0 cm³/mol. The van der Waals surface area contributed by atoms with E-state index >= 15 is 0 Å². The quantitative estimate of drug-likeness (QED) is 0.839. The fraction of sp³-hybridized carbons (Fsp3) is 0.308. The Labute approximate surface area is 95.3 Å². The summed E-state index contributed by atoms with van der Waals surface area (Å²) in [4.78, 5) is 4.34. The first-order chi connectivity index (χ1) is 7.61. The SMILES string of the molecule is Cc1cc(C)c(-c2coc(CN)n2)cc1C. The van der Waals surface area contributed by atoms with Crippen molar-refractivity contribution in [3.05, 3.63) is 41.0 Å². The highest BCUT2D eigenvalue weighted by Crippen LogP contribution is 2.25. The van der Waals surface area contributed by atoms with Crippen LogP contribution in [0.2, 0.25) is 0 Å². The van der Waals surface area contributed by atoms with Crippen LogP contribution < -0.4 is 5.73 Å². The van der Waals surface area contributed by atoms with Gasteiger partial charge in [-0.3, -0.25) is 0 Å². The Morgan fingerprint density at radius 2 is 1.81 bits per heavy atom. The van der Waals surface area contributed by atoms with E-state index < -0.39 is 0 Å². The van der Waals surface area contributed by atoms with Crippen LogP contribution in [0.25, 0.3) is 11.3 Å². The molecule has 0 aliphatic carbocycles. The number of aromatic nitrogens is 1. The Bertz CT molecular complexity index is 515. The lowest BCUT2D eigenvalue weighted by molar-refractivity contribution is 0.498. The van der Waals surface area contributed by atoms with Crippen molar-refractivity contribution in [3.8, 4) is 11.3 Å². The summed E-state index contributed by atoms with van der Waals surface area (Å²) in [6.07, 6.45) is 1.67. The van der Waals surface area contributed by atoms with E-state index in [9.17, 15) is 0 Å². The summed E-state index contributed by atoms with van der Waals surface area (Å²) in [6, 6.07) is 4.31. The molecule has 0 amide bonds. The Balaban J connectivity index is 2.51. The maximum absolute atomic E-state index is 5.48. The molecule has 16 heavy (non-hydrogen) atoms. The molecule has 1 aromatic carbocycles. The Morgan fingerprint density at radius 3 is 2.44 bits per heavy atom. The maximum Gasteiger partial charge on any atom is 0.208 e. The molecule has 0 aliphatic rings. The summed E-state index contributed by atoms with van der Waals surface area (Å²) >= 11 is 0. The van der Waals surface area contributed by atoms with Gasteiger partial charge in [0.05, 0.1) is 6.54 Å². The second-order valence-electron chi connectivity index (χ2n) is 4.08. The minimum atomic E-state index is 0.337. The molecule has 0 bridgehead atoms. The van der Waals surface area contributed by atoms with Crippen LogP contribution in [0.3, 0.4) is 0 Å². The molecule has 0 unspecified atom stereocenters. The van der Waals surface area contributed by atoms with Gasteiger partial charge in [-0.05, 0) is 43.5 Å². The van der Waals surface area contributed by atoms with E-state index in [1.165, 1.54) is 16.7 Å². The van der Waals surface area contributed by atoms with Crippen LogP contribution in [0.1, 0.15) is 22.6 Å². The molecular formula is C13H16N2O. The third-order valence-corrected chi connectivity index (χ3v) is 2.84. The number of benzene rings is 1. The lowest BCUT2D eigenvalue weighted by atomic mass is 9.99. The highest BCUT2D eigenvalue weighted by Gasteiger charge is 2.09. The average molecular weight is 216 g/mol. The van der Waals surface area contributed by atoms with Gasteiger partial charge < -0.3 is 10.2 Å². The maximum atomic E-state index is 5.48. The fourth-order valence-corrected chi connectivity index (χ4v) is 1.76. The summed E-state index contributed by atoms with van der Waals surface area (Å²) in [6.45, 7) is 6.63. The van der Waals surface area contributed by atoms with Crippen molar-refractivity contribution in [1.82, 2.24) is 4.98 Å². The van der Waals surface area contributed by atoms with E-state index in [0.717, 1.165) is 11.3 Å². The summed E-state index contributed by atoms with van der Waals surface area (Å²) in [5, 5.41) is 0. The number of nitrogens with zero attached hydrogens (tertiary/aromatic N) is 1. The molecule has 2 N–H and O–H groups in total. The van der Waals surface area contributed by atoms with Gasteiger partial charge in [-0.25, -0.2) is 4.98 Å². The smallest absolute Gasteiger partial charge is 0.208 e. The van der Waals surface area contributed by atoms with E-state index in [-0.39, 0.29) is 0 Å². The van der Waals surface area contributed by atoms with Crippen molar-refractivity contribution in [2.24, 2.45) is 5.73 Å². The third-order valence-electron chi connectivity index (χ3n) is 2.84. The topological polar surface area (TPSA) is 52.0 Å². The van der Waals surface area contributed by atoms with Crippen LogP contribution in [0.4, 0.5) is 0 Å². The van der Waals surface area contributed by atoms with Gasteiger partial charge in [0.2, 0.25) is 5.89 Å². The van der Waals surface area contributed by atoms with Crippen molar-refractivity contribution in [2.75, 3.05) is 0 Å². The minimum absolute atomic E-state index is 0.337. The van der Waals surface area contributed by atoms with Crippen LogP contribution in [-0.4, -0.2) is 4.98 Å². The Morgan fingerprint density at radius 1 is 1.12 bits per heavy atom. The zero-order valence-corrected chi connectivity index (χ0v) is 9.87. The molecule has 0 spiro atoms. The number of aryl methyl sites for hydroxylation is 3. The van der Waals surface area contributed by atoms with Gasteiger partial charge in [0, 0.05) is 5.56 Å². The van der Waals surface area contributed by atoms with Crippen molar-refractivity contribution in [3.63, 3.8) is 0 Å². The van der Waals surface area contributed by atoms with Crippen molar-refractivity contribution < 1.29 is 4.42 Å². The molecule has 1 heterocycles. The van der Waals surface area contributed by atoms with Crippen LogP contribution in [0, 0.1) is 20.8 Å². The van der Waals surface area contributed by atoms with Gasteiger partial charge in [-0.2, -0.15) is 0 Å². The standard InChI is InChI=1S/C13H16N2O/c1-8-4-10(3)11(5-9(8)2)12-7-16-13(6-14)15-12/h4-5,7H,6,14H2,1-3H3. The monoisotopic (exact) mass is 216 g/mol. The van der Waals surface area contributed by atoms with Gasteiger partial charge in [0.1, 0.15) is 12.0 Å². The first-order valence-electron chi connectivity index (χ1n) is 5.34. The van der Waals surface area contributed by atoms with Gasteiger partial charge in [-0.1, -0.05) is 6.07 Å². The molecule has 3 heteroatoms. The third kappa shape index (κ3) is 1.86. The number of rotatable bonds is 2. The van der Waals surface area contributed by atoms with Crippen LogP contribution in [-0.2, 0) is 6.54 Å². The minimum Gasteiger partial charge on any atom is -0.447 e. The second-order valence-corrected chi connectivity index (χ2v) is 4.08. The highest BCUT2D eigenvalue weighted by atomic mass is 16.3. The molecule has 2 aromatic rings. The molecular weight excluding hydrogens is 200 g/mol. The zero-order valence-electron chi connectivity index (χ0n) is 9.87. The first kappa shape index (κ1) is 10.9. The molecule has 0 radical (unpaired) electrons. The van der Waals surface area contributed by atoms with Crippen molar-refractivity contribution >= 4 is 0 Å². The summed E-state index contributed by atoms with van der Waals surface area (Å²) in [5.74, 6) is 0.577. The van der Waals surface area contributed by atoms with Gasteiger partial charge in [0.25, 0.3) is 0 Å². The van der Waals surface area contributed by atoms with Gasteiger partial charge in [0.15, 0.2) is 0 Å². The predicted octanol–water partition coefficient (Wildman–Crippen LogP) is 2.73. The van der Waals surface area contributed by atoms with Crippen LogP contribution in [0.15, 0.2) is 22.8 Å². The van der Waals surface area contributed by atoms with Crippen LogP contribution >= 0.6 is 0 Å². The van der Waals surface area contributed by atoms with Gasteiger partial charge in [-0.15, -0.1) is 0 Å². The number of hydrogen-bond acceptors (Lipinski definition) is 3. The Hall–Kier alpha value is -1.61. The number of nitrogens with two attached hydrogens (primary N) is 1. The van der Waals surface area contributed by atoms with E-state index in [2.05, 4.69) is 37.9 Å². The van der Waals surface area contributed by atoms with E-state index in [4.69, 9.17) is 10.2 Å². The molecule has 0 saturated carbocycles. The number of oxazole rings is 1. The second kappa shape index (κ2) is 4.10. The summed E-state index contributed by atoms with van der Waals surface area (Å²) in [5.41, 5.74) is 11.2. The molecule has 0 fully saturated rings. The number of hydrogen-bond donors (Lipinski definition) is 1. The largest absolute Gasteiger partial charge is 0.447 e. The molecule has 84 valence electrons. The molecule has 1 aromatic heterocycles. The summed E-state index contributed by atoms with van der Waals surface area (Å²) in [7, 11) is 0. The fourth-order valence-electron chi connectivity index (χ4n) is 1.76. The van der Waals surface area contributed by atoms with Crippen molar-refractivity contribution in [1.29, 1.82) is 0 Å². The van der Waals surface area contributed by atoms with E-state index in [1.807, 2.05) is 0 Å². The zero-order chi connectivity index (χ0) is 11.7. The molecule has 3 nitrogen and oxygen atoms in total. The molecule has 0 saturated heterocycles. The van der Waals surface area contributed by atoms with Gasteiger partial charge >= 0.3 is 0 Å².